The third-order valence-corrected chi connectivity index (χ3v) is 5.42. The third kappa shape index (κ3) is 5.29. The lowest BCUT2D eigenvalue weighted by Gasteiger charge is -2.17. The van der Waals surface area contributed by atoms with E-state index in [1.165, 1.54) is 0 Å². The van der Waals surface area contributed by atoms with E-state index in [1.54, 1.807) is 26.4 Å². The summed E-state index contributed by atoms with van der Waals surface area (Å²) in [5, 5.41) is 0. The van der Waals surface area contributed by atoms with Crippen LogP contribution >= 0.6 is 0 Å². The SMILES string of the molecule is CCCc1ccc(S(=O)(=O)NCC(OC)c2cccc(OC)c2)cc1. The standard InChI is InChI=1S/C19H25NO4S/c1-4-6-15-9-11-18(12-10-15)25(21,22)20-14-19(24-3)16-7-5-8-17(13-16)23-2/h5,7-13,19-20H,4,6,14H2,1-3H3. The van der Waals surface area contributed by atoms with Gasteiger partial charge in [-0.1, -0.05) is 37.6 Å². The van der Waals surface area contributed by atoms with Crippen LogP contribution in [-0.2, 0) is 21.2 Å². The lowest BCUT2D eigenvalue weighted by molar-refractivity contribution is 0.107. The average molecular weight is 363 g/mol. The van der Waals surface area contributed by atoms with Crippen LogP contribution in [0.4, 0.5) is 0 Å². The fourth-order valence-corrected chi connectivity index (χ4v) is 3.60. The molecule has 0 bridgehead atoms. The second-order valence-corrected chi connectivity index (χ2v) is 7.51. The Labute approximate surface area is 150 Å². The van der Waals surface area contributed by atoms with Crippen molar-refractivity contribution < 1.29 is 17.9 Å². The number of sulfonamides is 1. The van der Waals surface area contributed by atoms with Gasteiger partial charge in [0.1, 0.15) is 5.75 Å². The highest BCUT2D eigenvalue weighted by Gasteiger charge is 2.18. The largest absolute Gasteiger partial charge is 0.497 e. The first-order valence-electron chi connectivity index (χ1n) is 8.25. The molecular formula is C19H25NO4S. The molecule has 0 saturated carbocycles. The zero-order chi connectivity index (χ0) is 18.3. The number of methoxy groups -OCH3 is 2. The molecule has 0 radical (unpaired) electrons. The first-order valence-corrected chi connectivity index (χ1v) is 9.73. The summed E-state index contributed by atoms with van der Waals surface area (Å²) in [6.45, 7) is 2.23. The van der Waals surface area contributed by atoms with E-state index in [0.717, 1.165) is 24.0 Å². The second kappa shape index (κ2) is 8.99. The Morgan fingerprint density at radius 3 is 2.40 bits per heavy atom. The van der Waals surface area contributed by atoms with Crippen molar-refractivity contribution in [2.24, 2.45) is 0 Å². The highest BCUT2D eigenvalue weighted by Crippen LogP contribution is 2.21. The van der Waals surface area contributed by atoms with Gasteiger partial charge in [0.25, 0.3) is 0 Å². The molecule has 0 aliphatic heterocycles. The van der Waals surface area contributed by atoms with E-state index in [1.807, 2.05) is 36.4 Å². The Morgan fingerprint density at radius 1 is 1.08 bits per heavy atom. The van der Waals surface area contributed by atoms with Crippen LogP contribution in [0, 0.1) is 0 Å². The van der Waals surface area contributed by atoms with Crippen molar-refractivity contribution in [2.45, 2.75) is 30.8 Å². The van der Waals surface area contributed by atoms with Crippen molar-refractivity contribution in [3.63, 3.8) is 0 Å². The van der Waals surface area contributed by atoms with E-state index >= 15 is 0 Å². The molecule has 0 aromatic heterocycles. The van der Waals surface area contributed by atoms with Gasteiger partial charge in [0, 0.05) is 13.7 Å². The van der Waals surface area contributed by atoms with E-state index in [9.17, 15) is 8.42 Å². The predicted octanol–water partition coefficient (Wildman–Crippen LogP) is 3.31. The number of benzene rings is 2. The highest BCUT2D eigenvalue weighted by atomic mass is 32.2. The molecule has 0 saturated heterocycles. The normalized spacial score (nSPS) is 12.8. The summed E-state index contributed by atoms with van der Waals surface area (Å²) in [6.07, 6.45) is 1.57. The smallest absolute Gasteiger partial charge is 0.240 e. The minimum absolute atomic E-state index is 0.142. The molecule has 1 N–H and O–H groups in total. The van der Waals surface area contributed by atoms with Gasteiger partial charge in [-0.05, 0) is 41.8 Å². The molecule has 0 heterocycles. The summed E-state index contributed by atoms with van der Waals surface area (Å²) in [7, 11) is -0.439. The summed E-state index contributed by atoms with van der Waals surface area (Å²) in [4.78, 5) is 0.257. The predicted molar refractivity (Wildman–Crippen MR) is 98.4 cm³/mol. The maximum atomic E-state index is 12.5. The Balaban J connectivity index is 2.08. The molecule has 136 valence electrons. The van der Waals surface area contributed by atoms with Crippen LogP contribution in [0.1, 0.15) is 30.6 Å². The van der Waals surface area contributed by atoms with Gasteiger partial charge in [0.05, 0.1) is 18.1 Å². The van der Waals surface area contributed by atoms with E-state index < -0.39 is 16.1 Å². The van der Waals surface area contributed by atoms with Crippen LogP contribution in [0.25, 0.3) is 0 Å². The van der Waals surface area contributed by atoms with Gasteiger partial charge in [-0.15, -0.1) is 0 Å². The van der Waals surface area contributed by atoms with Crippen molar-refractivity contribution >= 4 is 10.0 Å². The molecule has 0 aliphatic carbocycles. The van der Waals surface area contributed by atoms with Crippen molar-refractivity contribution in [3.05, 3.63) is 59.7 Å². The van der Waals surface area contributed by atoms with E-state index in [-0.39, 0.29) is 11.4 Å². The lowest BCUT2D eigenvalue weighted by Crippen LogP contribution is -2.29. The van der Waals surface area contributed by atoms with Crippen LogP contribution < -0.4 is 9.46 Å². The lowest BCUT2D eigenvalue weighted by atomic mass is 10.1. The van der Waals surface area contributed by atoms with Crippen LogP contribution in [-0.4, -0.2) is 29.2 Å². The van der Waals surface area contributed by atoms with Crippen LogP contribution in [0.5, 0.6) is 5.75 Å². The zero-order valence-corrected chi connectivity index (χ0v) is 15.7. The Bertz CT molecular complexity index is 772. The van der Waals surface area contributed by atoms with Crippen molar-refractivity contribution in [3.8, 4) is 5.75 Å². The minimum Gasteiger partial charge on any atom is -0.497 e. The summed E-state index contributed by atoms with van der Waals surface area (Å²) >= 11 is 0. The summed E-state index contributed by atoms with van der Waals surface area (Å²) in [5.74, 6) is 0.703. The maximum Gasteiger partial charge on any atom is 0.240 e. The molecule has 0 spiro atoms. The molecule has 1 atom stereocenters. The highest BCUT2D eigenvalue weighted by molar-refractivity contribution is 7.89. The number of hydrogen-bond donors (Lipinski definition) is 1. The molecule has 0 amide bonds. The quantitative estimate of drug-likeness (QED) is 0.742. The van der Waals surface area contributed by atoms with Crippen molar-refractivity contribution in [1.82, 2.24) is 4.72 Å². The number of ether oxygens (including phenoxy) is 2. The van der Waals surface area contributed by atoms with E-state index in [2.05, 4.69) is 11.6 Å². The first kappa shape index (κ1) is 19.4. The molecule has 2 aromatic carbocycles. The van der Waals surface area contributed by atoms with Crippen molar-refractivity contribution in [1.29, 1.82) is 0 Å². The monoisotopic (exact) mass is 363 g/mol. The third-order valence-electron chi connectivity index (χ3n) is 3.98. The fourth-order valence-electron chi connectivity index (χ4n) is 2.57. The van der Waals surface area contributed by atoms with Gasteiger partial charge in [-0.2, -0.15) is 0 Å². The number of nitrogens with one attached hydrogen (secondary N) is 1. The van der Waals surface area contributed by atoms with Gasteiger partial charge in [0.15, 0.2) is 0 Å². The number of aryl methyl sites for hydroxylation is 1. The first-order chi connectivity index (χ1) is 12.0. The van der Waals surface area contributed by atoms with Gasteiger partial charge in [0.2, 0.25) is 10.0 Å². The molecule has 1 unspecified atom stereocenters. The Morgan fingerprint density at radius 2 is 1.80 bits per heavy atom. The molecule has 2 aromatic rings. The minimum atomic E-state index is -3.58. The molecule has 0 aliphatic rings. The van der Waals surface area contributed by atoms with Crippen LogP contribution in [0.3, 0.4) is 0 Å². The summed E-state index contributed by atoms with van der Waals surface area (Å²) < 4.78 is 38.2. The molecule has 25 heavy (non-hydrogen) atoms. The van der Waals surface area contributed by atoms with Gasteiger partial charge < -0.3 is 9.47 Å². The van der Waals surface area contributed by atoms with Crippen LogP contribution in [0.2, 0.25) is 0 Å². The van der Waals surface area contributed by atoms with Gasteiger partial charge in [-0.3, -0.25) is 0 Å². The van der Waals surface area contributed by atoms with Crippen LogP contribution in [0.15, 0.2) is 53.4 Å². The fraction of sp³-hybridized carbons (Fsp3) is 0.368. The van der Waals surface area contributed by atoms with E-state index in [0.29, 0.717) is 5.75 Å². The van der Waals surface area contributed by atoms with Gasteiger partial charge in [-0.25, -0.2) is 13.1 Å². The Kier molecular flexibility index (Phi) is 6.99. The topological polar surface area (TPSA) is 64.6 Å². The van der Waals surface area contributed by atoms with E-state index in [4.69, 9.17) is 9.47 Å². The summed E-state index contributed by atoms with van der Waals surface area (Å²) in [6, 6.07) is 14.4. The molecule has 6 heteroatoms. The average Bonchev–Trinajstić information content (AvgIpc) is 2.63. The second-order valence-electron chi connectivity index (χ2n) is 5.75. The number of rotatable bonds is 9. The summed E-state index contributed by atoms with van der Waals surface area (Å²) in [5.41, 5.74) is 1.98. The molecule has 2 rings (SSSR count). The Hall–Kier alpha value is -1.89. The molecular weight excluding hydrogens is 338 g/mol. The zero-order valence-electron chi connectivity index (χ0n) is 14.9. The van der Waals surface area contributed by atoms with Gasteiger partial charge >= 0.3 is 0 Å². The molecule has 5 nitrogen and oxygen atoms in total. The maximum absolute atomic E-state index is 12.5. The number of hydrogen-bond acceptors (Lipinski definition) is 4. The molecule has 0 fully saturated rings. The van der Waals surface area contributed by atoms with Crippen molar-refractivity contribution in [2.75, 3.05) is 20.8 Å².